The number of hydrogen-bond acceptors (Lipinski definition) is 8. The van der Waals surface area contributed by atoms with Gasteiger partial charge in [0.25, 0.3) is 5.69 Å². The molecule has 0 radical (unpaired) electrons. The van der Waals surface area contributed by atoms with Crippen molar-refractivity contribution in [3.63, 3.8) is 0 Å². The minimum Gasteiger partial charge on any atom is -0.476 e. The highest BCUT2D eigenvalue weighted by molar-refractivity contribution is 5.53. The maximum absolute atomic E-state index is 14.1. The molecule has 4 atom stereocenters. The molecule has 0 fully saturated rings. The van der Waals surface area contributed by atoms with Gasteiger partial charge < -0.3 is 20.1 Å². The predicted octanol–water partition coefficient (Wildman–Crippen LogP) is 0.243. The lowest BCUT2D eigenvalue weighted by molar-refractivity contribution is -0.394. The fraction of sp³-hybridized carbons (Fsp3) is 0.385. The van der Waals surface area contributed by atoms with Crippen LogP contribution in [0, 0.1) is 20.2 Å². The summed E-state index contributed by atoms with van der Waals surface area (Å²) < 4.78 is 19.2. The fourth-order valence-electron chi connectivity index (χ4n) is 2.24. The zero-order chi connectivity index (χ0) is 18.0. The summed E-state index contributed by atoms with van der Waals surface area (Å²) in [5.41, 5.74) is -1.40. The van der Waals surface area contributed by atoms with Crippen LogP contribution < -0.4 is 4.74 Å². The quantitative estimate of drug-likeness (QED) is 0.389. The number of aliphatic hydroxyl groups is 3. The molecular weight excluding hydrogens is 331 g/mol. The molecule has 1 aliphatic rings. The first-order chi connectivity index (χ1) is 11.3. The summed E-state index contributed by atoms with van der Waals surface area (Å²) in [5.74, 6) is -0.449. The average Bonchev–Trinajstić information content (AvgIpc) is 2.55. The van der Waals surface area contributed by atoms with Crippen molar-refractivity contribution in [2.45, 2.75) is 24.5 Å². The van der Waals surface area contributed by atoms with Crippen LogP contribution in [0.5, 0.6) is 5.75 Å². The van der Waals surface area contributed by atoms with Crippen LogP contribution in [0.1, 0.15) is 0 Å². The van der Waals surface area contributed by atoms with E-state index >= 15 is 0 Å². The maximum atomic E-state index is 14.1. The number of benzene rings is 1. The van der Waals surface area contributed by atoms with Crippen molar-refractivity contribution in [3.8, 4) is 5.75 Å². The zero-order valence-corrected chi connectivity index (χ0v) is 12.0. The van der Waals surface area contributed by atoms with Crippen molar-refractivity contribution in [3.05, 3.63) is 50.1 Å². The molecular formula is C13H13FN2O8. The van der Waals surface area contributed by atoms with Crippen LogP contribution in [-0.4, -0.2) is 56.3 Å². The van der Waals surface area contributed by atoms with Crippen LogP contribution in [0.3, 0.4) is 0 Å². The molecule has 0 saturated carbocycles. The molecule has 0 bridgehead atoms. The zero-order valence-electron chi connectivity index (χ0n) is 12.0. The van der Waals surface area contributed by atoms with E-state index in [1.807, 2.05) is 0 Å². The van der Waals surface area contributed by atoms with Gasteiger partial charge in [0.05, 0.1) is 22.5 Å². The van der Waals surface area contributed by atoms with Gasteiger partial charge in [-0.3, -0.25) is 20.2 Å². The number of nitrogens with zero attached hydrogens (tertiary/aromatic N) is 2. The molecule has 10 nitrogen and oxygen atoms in total. The Bertz CT molecular complexity index is 695. The summed E-state index contributed by atoms with van der Waals surface area (Å²) in [4.78, 5) is 19.9. The minimum absolute atomic E-state index is 0.106. The lowest BCUT2D eigenvalue weighted by Gasteiger charge is -2.32. The molecule has 1 aromatic carbocycles. The second kappa shape index (κ2) is 6.86. The number of rotatable bonds is 5. The molecule has 0 unspecified atom stereocenters. The van der Waals surface area contributed by atoms with Crippen LogP contribution in [-0.2, 0) is 0 Å². The summed E-state index contributed by atoms with van der Waals surface area (Å²) >= 11 is 0. The number of aliphatic hydroxyl groups excluding tert-OH is 3. The van der Waals surface area contributed by atoms with Crippen LogP contribution in [0.4, 0.5) is 15.8 Å². The van der Waals surface area contributed by atoms with E-state index in [0.29, 0.717) is 6.07 Å². The summed E-state index contributed by atoms with van der Waals surface area (Å²) in [6, 6.07) is 2.54. The van der Waals surface area contributed by atoms with Gasteiger partial charge in [0.2, 0.25) is 0 Å². The van der Waals surface area contributed by atoms with E-state index in [1.54, 1.807) is 0 Å². The molecule has 24 heavy (non-hydrogen) atoms. The maximum Gasteiger partial charge on any atom is 0.317 e. The minimum atomic E-state index is -2.12. The van der Waals surface area contributed by atoms with Crippen LogP contribution in [0.15, 0.2) is 29.8 Å². The summed E-state index contributed by atoms with van der Waals surface area (Å²) in [5, 5.41) is 50.0. The van der Waals surface area contributed by atoms with Gasteiger partial charge in [-0.15, -0.1) is 0 Å². The van der Waals surface area contributed by atoms with Gasteiger partial charge in [-0.25, -0.2) is 4.39 Å². The van der Waals surface area contributed by atoms with Crippen molar-refractivity contribution < 1.29 is 34.3 Å². The van der Waals surface area contributed by atoms with Crippen molar-refractivity contribution in [2.24, 2.45) is 0 Å². The van der Waals surface area contributed by atoms with E-state index in [2.05, 4.69) is 0 Å². The van der Waals surface area contributed by atoms with Gasteiger partial charge in [-0.2, -0.15) is 0 Å². The Balaban J connectivity index is 2.38. The highest BCUT2D eigenvalue weighted by Gasteiger charge is 2.40. The van der Waals surface area contributed by atoms with Crippen LogP contribution in [0.2, 0.25) is 0 Å². The molecule has 0 aromatic heterocycles. The number of nitro benzene ring substituents is 2. The number of ether oxygens (including phenoxy) is 1. The van der Waals surface area contributed by atoms with Crippen molar-refractivity contribution in [2.75, 3.05) is 6.61 Å². The molecule has 0 saturated heterocycles. The van der Waals surface area contributed by atoms with Gasteiger partial charge in [0.15, 0.2) is 18.0 Å². The molecule has 0 amide bonds. The van der Waals surface area contributed by atoms with E-state index in [9.17, 15) is 34.8 Å². The second-order valence-electron chi connectivity index (χ2n) is 5.03. The Morgan fingerprint density at radius 3 is 2.42 bits per heavy atom. The van der Waals surface area contributed by atoms with E-state index in [4.69, 9.17) is 9.84 Å². The number of nitro groups is 2. The molecule has 1 aliphatic carbocycles. The Hall–Kier alpha value is -2.63. The summed E-state index contributed by atoms with van der Waals surface area (Å²) in [6.07, 6.45) is -6.15. The standard InChI is InChI=1S/C13H13FN2O8/c14-11-10(3-6(5-17)12(18)13(11)19)24-9-2-1-7(15(20)21)4-8(9)16(22)23/h1-4,10-13,17-19H,5H2/t10-,11-,12-,13+/m0/s1. The van der Waals surface area contributed by atoms with E-state index in [1.165, 1.54) is 0 Å². The first kappa shape index (κ1) is 17.7. The number of hydrogen-bond donors (Lipinski definition) is 3. The highest BCUT2D eigenvalue weighted by atomic mass is 19.1. The van der Waals surface area contributed by atoms with Crippen LogP contribution in [0.25, 0.3) is 0 Å². The lowest BCUT2D eigenvalue weighted by atomic mass is 9.90. The van der Waals surface area contributed by atoms with Crippen molar-refractivity contribution in [1.29, 1.82) is 0 Å². The van der Waals surface area contributed by atoms with Gasteiger partial charge in [-0.05, 0) is 17.7 Å². The van der Waals surface area contributed by atoms with E-state index in [0.717, 1.165) is 18.2 Å². The first-order valence-corrected chi connectivity index (χ1v) is 6.67. The Labute approximate surface area is 133 Å². The first-order valence-electron chi connectivity index (χ1n) is 6.67. The molecule has 3 N–H and O–H groups in total. The third-order valence-corrected chi connectivity index (χ3v) is 3.52. The normalized spacial score (nSPS) is 26.6. The Kier molecular flexibility index (Phi) is 5.07. The van der Waals surface area contributed by atoms with Gasteiger partial charge in [0, 0.05) is 6.07 Å². The summed E-state index contributed by atoms with van der Waals surface area (Å²) in [6.45, 7) is -0.673. The van der Waals surface area contributed by atoms with Crippen molar-refractivity contribution >= 4 is 11.4 Å². The van der Waals surface area contributed by atoms with Gasteiger partial charge in [-0.1, -0.05) is 0 Å². The second-order valence-corrected chi connectivity index (χ2v) is 5.03. The fourth-order valence-corrected chi connectivity index (χ4v) is 2.24. The number of halogens is 1. The third-order valence-electron chi connectivity index (χ3n) is 3.52. The van der Waals surface area contributed by atoms with Crippen molar-refractivity contribution in [1.82, 2.24) is 0 Å². The molecule has 1 aromatic rings. The van der Waals surface area contributed by atoms with Crippen LogP contribution >= 0.6 is 0 Å². The topological polar surface area (TPSA) is 156 Å². The Morgan fingerprint density at radius 2 is 1.88 bits per heavy atom. The summed E-state index contributed by atoms with van der Waals surface area (Å²) in [7, 11) is 0. The highest BCUT2D eigenvalue weighted by Crippen LogP contribution is 2.34. The number of alkyl halides is 1. The SMILES string of the molecule is O=[N+]([O-])c1ccc(O[C@H]2C=C(CO)[C@H](O)[C@H](O)[C@H]2F)c([N+](=O)[O-])c1. The monoisotopic (exact) mass is 344 g/mol. The molecule has 0 aliphatic heterocycles. The van der Waals surface area contributed by atoms with E-state index in [-0.39, 0.29) is 5.57 Å². The molecule has 2 rings (SSSR count). The lowest BCUT2D eigenvalue weighted by Crippen LogP contribution is -2.48. The van der Waals surface area contributed by atoms with Gasteiger partial charge >= 0.3 is 5.69 Å². The molecule has 0 spiro atoms. The Morgan fingerprint density at radius 1 is 1.21 bits per heavy atom. The molecule has 11 heteroatoms. The largest absolute Gasteiger partial charge is 0.476 e. The average molecular weight is 344 g/mol. The van der Waals surface area contributed by atoms with E-state index < -0.39 is 58.1 Å². The smallest absolute Gasteiger partial charge is 0.317 e. The number of non-ortho nitro benzene ring substituents is 1. The third kappa shape index (κ3) is 3.32. The molecule has 0 heterocycles. The predicted molar refractivity (Wildman–Crippen MR) is 76.2 cm³/mol. The molecule has 130 valence electrons. The van der Waals surface area contributed by atoms with Gasteiger partial charge in [0.1, 0.15) is 12.2 Å².